The molecule has 2 aliphatic heterocycles. The van der Waals surface area contributed by atoms with Crippen LogP contribution < -0.4 is 5.32 Å². The summed E-state index contributed by atoms with van der Waals surface area (Å²) in [5.74, 6) is 2.35. The molecule has 2 fully saturated rings. The van der Waals surface area contributed by atoms with Gasteiger partial charge < -0.3 is 14.7 Å². The molecule has 3 heterocycles. The first-order chi connectivity index (χ1) is 9.74. The second-order valence-corrected chi connectivity index (χ2v) is 6.04. The lowest BCUT2D eigenvalue weighted by molar-refractivity contribution is 0.0632. The van der Waals surface area contributed by atoms with Crippen molar-refractivity contribution < 1.29 is 9.32 Å². The zero-order chi connectivity index (χ0) is 13.9. The van der Waals surface area contributed by atoms with Crippen LogP contribution in [0.5, 0.6) is 0 Å². The van der Waals surface area contributed by atoms with Gasteiger partial charge in [-0.05, 0) is 57.5 Å². The summed E-state index contributed by atoms with van der Waals surface area (Å²) in [6.45, 7) is 5.84. The van der Waals surface area contributed by atoms with E-state index in [1.54, 1.807) is 6.07 Å². The van der Waals surface area contributed by atoms with E-state index in [1.807, 2.05) is 11.8 Å². The highest BCUT2D eigenvalue weighted by molar-refractivity contribution is 5.92. The highest BCUT2D eigenvalue weighted by Crippen LogP contribution is 2.31. The lowest BCUT2D eigenvalue weighted by Crippen LogP contribution is -2.42. The first kappa shape index (κ1) is 13.6. The Hall–Kier alpha value is -1.36. The van der Waals surface area contributed by atoms with E-state index in [0.29, 0.717) is 11.5 Å². The van der Waals surface area contributed by atoms with Crippen LogP contribution in [0.1, 0.15) is 41.9 Å². The summed E-state index contributed by atoms with van der Waals surface area (Å²) in [5.41, 5.74) is 0.447. The van der Waals surface area contributed by atoms with Crippen LogP contribution in [0.3, 0.4) is 0 Å². The molecule has 1 aromatic rings. The third-order valence-electron chi connectivity index (χ3n) is 4.72. The van der Waals surface area contributed by atoms with Crippen molar-refractivity contribution in [3.05, 3.63) is 17.5 Å². The van der Waals surface area contributed by atoms with Gasteiger partial charge in [0.15, 0.2) is 5.69 Å². The second-order valence-electron chi connectivity index (χ2n) is 6.04. The quantitative estimate of drug-likeness (QED) is 0.896. The SMILES string of the molecule is Cc1cc(C(=O)N2CCC(C3CCNCC3)CC2)no1. The summed E-state index contributed by atoms with van der Waals surface area (Å²) in [6, 6.07) is 1.72. The minimum Gasteiger partial charge on any atom is -0.361 e. The van der Waals surface area contributed by atoms with Crippen molar-refractivity contribution in [1.82, 2.24) is 15.4 Å². The Labute approximate surface area is 119 Å². The summed E-state index contributed by atoms with van der Waals surface area (Å²) < 4.78 is 4.99. The van der Waals surface area contributed by atoms with Crippen LogP contribution in [0.15, 0.2) is 10.6 Å². The van der Waals surface area contributed by atoms with Crippen molar-refractivity contribution in [3.63, 3.8) is 0 Å². The van der Waals surface area contributed by atoms with Gasteiger partial charge in [0.05, 0.1) is 0 Å². The topological polar surface area (TPSA) is 58.4 Å². The lowest BCUT2D eigenvalue weighted by atomic mass is 9.79. The van der Waals surface area contributed by atoms with Crippen molar-refractivity contribution in [2.24, 2.45) is 11.8 Å². The lowest BCUT2D eigenvalue weighted by Gasteiger charge is -2.37. The zero-order valence-corrected chi connectivity index (χ0v) is 12.1. The molecule has 5 heteroatoms. The number of hydrogen-bond donors (Lipinski definition) is 1. The normalized spacial score (nSPS) is 22.1. The number of aromatic nitrogens is 1. The molecule has 0 spiro atoms. The number of carbonyl (C=O) groups excluding carboxylic acids is 1. The monoisotopic (exact) mass is 277 g/mol. The third-order valence-corrected chi connectivity index (χ3v) is 4.72. The number of hydrogen-bond acceptors (Lipinski definition) is 4. The minimum absolute atomic E-state index is 0.0191. The molecule has 0 atom stereocenters. The largest absolute Gasteiger partial charge is 0.361 e. The van der Waals surface area contributed by atoms with Crippen LogP contribution in [0.25, 0.3) is 0 Å². The van der Waals surface area contributed by atoms with E-state index in [-0.39, 0.29) is 5.91 Å². The number of carbonyl (C=O) groups is 1. The Morgan fingerprint density at radius 3 is 2.50 bits per heavy atom. The predicted octanol–water partition coefficient (Wildman–Crippen LogP) is 1.83. The maximum atomic E-state index is 12.3. The average Bonchev–Trinajstić information content (AvgIpc) is 2.94. The molecule has 3 rings (SSSR count). The van der Waals surface area contributed by atoms with E-state index >= 15 is 0 Å². The number of nitrogens with one attached hydrogen (secondary N) is 1. The average molecular weight is 277 g/mol. The molecule has 0 unspecified atom stereocenters. The third kappa shape index (κ3) is 2.87. The van der Waals surface area contributed by atoms with Crippen LogP contribution in [-0.2, 0) is 0 Å². The van der Waals surface area contributed by atoms with Gasteiger partial charge in [-0.2, -0.15) is 0 Å². The smallest absolute Gasteiger partial charge is 0.276 e. The van der Waals surface area contributed by atoms with Gasteiger partial charge in [-0.1, -0.05) is 5.16 Å². The van der Waals surface area contributed by atoms with Crippen molar-refractivity contribution >= 4 is 5.91 Å². The van der Waals surface area contributed by atoms with E-state index < -0.39 is 0 Å². The van der Waals surface area contributed by atoms with Crippen LogP contribution in [0.4, 0.5) is 0 Å². The van der Waals surface area contributed by atoms with Crippen LogP contribution in [0.2, 0.25) is 0 Å². The highest BCUT2D eigenvalue weighted by Gasteiger charge is 2.30. The number of likely N-dealkylation sites (tertiary alicyclic amines) is 1. The van der Waals surface area contributed by atoms with Gasteiger partial charge in [0.2, 0.25) is 0 Å². The first-order valence-electron chi connectivity index (χ1n) is 7.67. The van der Waals surface area contributed by atoms with Crippen molar-refractivity contribution in [1.29, 1.82) is 0 Å². The summed E-state index contributed by atoms with van der Waals surface area (Å²) in [6.07, 6.45) is 4.85. The van der Waals surface area contributed by atoms with E-state index in [9.17, 15) is 4.79 Å². The van der Waals surface area contributed by atoms with Crippen LogP contribution in [0, 0.1) is 18.8 Å². The molecule has 0 radical (unpaired) electrons. The molecule has 0 aliphatic carbocycles. The Bertz CT molecular complexity index is 457. The number of piperidine rings is 2. The Morgan fingerprint density at radius 1 is 1.25 bits per heavy atom. The first-order valence-corrected chi connectivity index (χ1v) is 7.67. The molecule has 1 N–H and O–H groups in total. The van der Waals surface area contributed by atoms with Crippen molar-refractivity contribution in [2.75, 3.05) is 26.2 Å². The molecule has 0 saturated carbocycles. The number of rotatable bonds is 2. The van der Waals surface area contributed by atoms with E-state index in [4.69, 9.17) is 4.52 Å². The van der Waals surface area contributed by atoms with Crippen LogP contribution in [-0.4, -0.2) is 42.1 Å². The molecule has 110 valence electrons. The van der Waals surface area contributed by atoms with E-state index in [2.05, 4.69) is 10.5 Å². The molecule has 0 bridgehead atoms. The van der Waals surface area contributed by atoms with Crippen LogP contribution >= 0.6 is 0 Å². The molecule has 5 nitrogen and oxygen atoms in total. The molecule has 1 amide bonds. The summed E-state index contributed by atoms with van der Waals surface area (Å²) in [7, 11) is 0. The fourth-order valence-electron chi connectivity index (χ4n) is 3.52. The Kier molecular flexibility index (Phi) is 4.05. The standard InChI is InChI=1S/C15H23N3O2/c1-11-10-14(17-20-11)15(19)18-8-4-13(5-9-18)12-2-6-16-7-3-12/h10,12-13,16H,2-9H2,1H3. The van der Waals surface area contributed by atoms with Gasteiger partial charge in [0.25, 0.3) is 5.91 Å². The number of aryl methyl sites for hydroxylation is 1. The van der Waals surface area contributed by atoms with Gasteiger partial charge in [-0.15, -0.1) is 0 Å². The highest BCUT2D eigenvalue weighted by atomic mass is 16.5. The maximum Gasteiger partial charge on any atom is 0.276 e. The van der Waals surface area contributed by atoms with Gasteiger partial charge >= 0.3 is 0 Å². The van der Waals surface area contributed by atoms with E-state index in [0.717, 1.165) is 50.9 Å². The molecule has 1 aromatic heterocycles. The molecule has 2 saturated heterocycles. The summed E-state index contributed by atoms with van der Waals surface area (Å²) in [4.78, 5) is 14.2. The molecular weight excluding hydrogens is 254 g/mol. The fraction of sp³-hybridized carbons (Fsp3) is 0.733. The van der Waals surface area contributed by atoms with Gasteiger partial charge in [0.1, 0.15) is 5.76 Å². The number of amides is 1. The second kappa shape index (κ2) is 5.95. The van der Waals surface area contributed by atoms with Gasteiger partial charge in [-0.3, -0.25) is 4.79 Å². The van der Waals surface area contributed by atoms with Crippen molar-refractivity contribution in [2.45, 2.75) is 32.6 Å². The molecule has 0 aromatic carbocycles. The van der Waals surface area contributed by atoms with Gasteiger partial charge in [0, 0.05) is 19.2 Å². The predicted molar refractivity (Wildman–Crippen MR) is 75.5 cm³/mol. The minimum atomic E-state index is 0.0191. The number of nitrogens with zero attached hydrogens (tertiary/aromatic N) is 2. The zero-order valence-electron chi connectivity index (χ0n) is 12.1. The molecular formula is C15H23N3O2. The Morgan fingerprint density at radius 2 is 1.90 bits per heavy atom. The fourth-order valence-corrected chi connectivity index (χ4v) is 3.52. The van der Waals surface area contributed by atoms with E-state index in [1.165, 1.54) is 12.8 Å². The summed E-state index contributed by atoms with van der Waals surface area (Å²) in [5, 5.41) is 7.25. The van der Waals surface area contributed by atoms with Crippen molar-refractivity contribution in [3.8, 4) is 0 Å². The Balaban J connectivity index is 1.54. The molecule has 2 aliphatic rings. The maximum absolute atomic E-state index is 12.3. The molecule has 20 heavy (non-hydrogen) atoms. The van der Waals surface area contributed by atoms with Gasteiger partial charge in [-0.25, -0.2) is 0 Å². The summed E-state index contributed by atoms with van der Waals surface area (Å²) >= 11 is 0.